The van der Waals surface area contributed by atoms with Gasteiger partial charge in [-0.3, -0.25) is 14.8 Å². The molecule has 0 radical (unpaired) electrons. The van der Waals surface area contributed by atoms with Crippen LogP contribution in [0.15, 0.2) is 122 Å². The standard InChI is InChI=1S/C18H15FN8O.C18H13FN8O/c19-12-4-2-1-3-10(12)9-27-15(13-5-6-28-26-13)7-14(25-27)18-21-8-11-16(20)23-24-17(11)22-18;19-13-4-2-1-3-11(13)10-27-16(14-5-6-28-26-14)7-15(25-27)18-22-9-12(8-20)17(23-18)24-21/h1-8,17,24H,9H2,(H2,20,23)(H,21,22);1-7,9H,10,21H2,(H,22,23,24). The Morgan fingerprint density at radius 2 is 1.45 bits per heavy atom. The molecule has 7 heterocycles. The van der Waals surface area contributed by atoms with E-state index in [0.29, 0.717) is 57.0 Å². The van der Waals surface area contributed by atoms with Crippen LogP contribution in [-0.2, 0) is 13.1 Å². The number of hydrogen-bond donors (Lipinski definition) is 5. The Morgan fingerprint density at radius 1 is 0.839 bits per heavy atom. The van der Waals surface area contributed by atoms with Gasteiger partial charge in [-0.2, -0.15) is 20.6 Å². The predicted molar refractivity (Wildman–Crippen MR) is 196 cm³/mol. The number of nitrogen functional groups attached to an aromatic ring is 1. The van der Waals surface area contributed by atoms with Crippen molar-refractivity contribution in [1.82, 2.24) is 50.6 Å². The molecule has 18 nitrogen and oxygen atoms in total. The van der Waals surface area contributed by atoms with Crippen LogP contribution in [0.5, 0.6) is 0 Å². The molecule has 7 N–H and O–H groups in total. The fraction of sp³-hybridized carbons (Fsp3) is 0.0833. The minimum atomic E-state index is -0.358. The lowest BCUT2D eigenvalue weighted by atomic mass is 10.2. The lowest BCUT2D eigenvalue weighted by Gasteiger charge is -2.16. The number of aliphatic imine (C=N–C) groups is 1. The van der Waals surface area contributed by atoms with Gasteiger partial charge < -0.3 is 25.5 Å². The molecular formula is C36H28F2N16O2. The summed E-state index contributed by atoms with van der Waals surface area (Å²) >= 11 is 0. The second-order valence-corrected chi connectivity index (χ2v) is 12.1. The molecule has 0 aliphatic carbocycles. The maximum absolute atomic E-state index is 14.1. The molecule has 20 heteroatoms. The first kappa shape index (κ1) is 35.0. The highest BCUT2D eigenvalue weighted by Crippen LogP contribution is 2.26. The van der Waals surface area contributed by atoms with Gasteiger partial charge in [-0.1, -0.05) is 46.7 Å². The summed E-state index contributed by atoms with van der Waals surface area (Å²) in [4.78, 5) is 13.0. The molecule has 2 aromatic carbocycles. The van der Waals surface area contributed by atoms with E-state index in [0.717, 1.165) is 5.57 Å². The molecule has 0 bridgehead atoms. The predicted octanol–water partition coefficient (Wildman–Crippen LogP) is 3.50. The Labute approximate surface area is 314 Å². The second-order valence-electron chi connectivity index (χ2n) is 12.1. The zero-order valence-electron chi connectivity index (χ0n) is 28.9. The molecule has 1 atom stereocenters. The molecule has 9 rings (SSSR count). The number of nitriles is 1. The SMILES string of the molecule is N#Cc1cnc(-c2cc(-c3ccon3)n(Cc3ccccc3F)n2)nc1NN.NC1=NNC2N=C(c3cc(-c4ccon4)n(Cc4ccccc4F)n3)NC=C12. The first-order chi connectivity index (χ1) is 27.4. The minimum Gasteiger partial charge on any atom is -0.382 e. The van der Waals surface area contributed by atoms with Gasteiger partial charge in [0.2, 0.25) is 0 Å². The van der Waals surface area contributed by atoms with Gasteiger partial charge in [-0.15, -0.1) is 0 Å². The van der Waals surface area contributed by atoms with E-state index >= 15 is 0 Å². The summed E-state index contributed by atoms with van der Waals surface area (Å²) in [6, 6.07) is 21.9. The third-order valence-electron chi connectivity index (χ3n) is 8.55. The van der Waals surface area contributed by atoms with Crippen LogP contribution in [0, 0.1) is 23.0 Å². The van der Waals surface area contributed by atoms with Crippen molar-refractivity contribution in [3.05, 3.63) is 137 Å². The number of hydrazone groups is 1. The quantitative estimate of drug-likeness (QED) is 0.105. The maximum atomic E-state index is 14.1. The van der Waals surface area contributed by atoms with Crippen LogP contribution in [0.1, 0.15) is 22.4 Å². The van der Waals surface area contributed by atoms with Crippen molar-refractivity contribution in [2.24, 2.45) is 21.7 Å². The molecule has 7 aromatic rings. The number of aromatic nitrogens is 8. The van der Waals surface area contributed by atoms with Crippen LogP contribution in [0.4, 0.5) is 14.6 Å². The summed E-state index contributed by atoms with van der Waals surface area (Å²) < 4.78 is 41.4. The first-order valence-electron chi connectivity index (χ1n) is 16.7. The number of hydrazine groups is 1. The van der Waals surface area contributed by atoms with E-state index in [1.807, 2.05) is 12.1 Å². The number of anilines is 1. The highest BCUT2D eigenvalue weighted by molar-refractivity contribution is 6.05. The van der Waals surface area contributed by atoms with Crippen molar-refractivity contribution in [2.75, 3.05) is 5.43 Å². The van der Waals surface area contributed by atoms with Crippen LogP contribution >= 0.6 is 0 Å². The molecule has 0 spiro atoms. The third kappa shape index (κ3) is 7.03. The second kappa shape index (κ2) is 15.1. The van der Waals surface area contributed by atoms with Crippen molar-refractivity contribution in [3.8, 4) is 40.4 Å². The molecular weight excluding hydrogens is 727 g/mol. The normalized spacial score (nSPS) is 14.2. The molecule has 0 saturated carbocycles. The molecule has 2 aliphatic heterocycles. The van der Waals surface area contributed by atoms with Gasteiger partial charge in [-0.25, -0.2) is 29.6 Å². The average Bonchev–Trinajstić information content (AvgIpc) is 4.08. The number of nitrogens with zero attached hydrogens (tertiary/aromatic N) is 11. The molecule has 56 heavy (non-hydrogen) atoms. The van der Waals surface area contributed by atoms with Crippen molar-refractivity contribution in [2.45, 2.75) is 19.3 Å². The summed E-state index contributed by atoms with van der Waals surface area (Å²) in [5.41, 5.74) is 16.4. The van der Waals surface area contributed by atoms with Gasteiger partial charge in [0.1, 0.15) is 58.6 Å². The van der Waals surface area contributed by atoms with E-state index in [1.54, 1.807) is 70.2 Å². The summed E-state index contributed by atoms with van der Waals surface area (Å²) in [5.74, 6) is 6.16. The number of nitrogens with one attached hydrogen (secondary N) is 3. The molecule has 0 saturated heterocycles. The van der Waals surface area contributed by atoms with Crippen LogP contribution < -0.4 is 27.7 Å². The number of amidine groups is 2. The van der Waals surface area contributed by atoms with Crippen LogP contribution in [0.2, 0.25) is 0 Å². The Morgan fingerprint density at radius 3 is 2.02 bits per heavy atom. The van der Waals surface area contributed by atoms with E-state index < -0.39 is 0 Å². The van der Waals surface area contributed by atoms with Gasteiger partial charge in [-0.05, 0) is 24.3 Å². The first-order valence-corrected chi connectivity index (χ1v) is 16.7. The van der Waals surface area contributed by atoms with E-state index in [-0.39, 0.29) is 48.1 Å². The topological polar surface area (TPSA) is 250 Å². The number of fused-ring (bicyclic) bond motifs is 1. The van der Waals surface area contributed by atoms with Crippen LogP contribution in [0.3, 0.4) is 0 Å². The largest absolute Gasteiger partial charge is 0.382 e. The molecule has 278 valence electrons. The lowest BCUT2D eigenvalue weighted by Crippen LogP contribution is -2.34. The fourth-order valence-electron chi connectivity index (χ4n) is 5.78. The van der Waals surface area contributed by atoms with Crippen LogP contribution in [0.25, 0.3) is 34.3 Å². The van der Waals surface area contributed by atoms with Crippen molar-refractivity contribution >= 4 is 17.5 Å². The minimum absolute atomic E-state index is 0.174. The Hall–Kier alpha value is -8.05. The van der Waals surface area contributed by atoms with E-state index in [1.165, 1.54) is 30.9 Å². The van der Waals surface area contributed by atoms with Gasteiger partial charge in [0.05, 0.1) is 36.2 Å². The number of rotatable bonds is 9. The maximum Gasteiger partial charge on any atom is 0.182 e. The van der Waals surface area contributed by atoms with Crippen molar-refractivity contribution < 1.29 is 17.8 Å². The monoisotopic (exact) mass is 754 g/mol. The Balaban J connectivity index is 0.000000157. The van der Waals surface area contributed by atoms with E-state index in [4.69, 9.17) is 25.9 Å². The summed E-state index contributed by atoms with van der Waals surface area (Å²) in [7, 11) is 0. The summed E-state index contributed by atoms with van der Waals surface area (Å²) in [5, 5.41) is 33.2. The zero-order valence-corrected chi connectivity index (χ0v) is 28.9. The van der Waals surface area contributed by atoms with Gasteiger partial charge in [0.25, 0.3) is 0 Å². The summed E-state index contributed by atoms with van der Waals surface area (Å²) in [6.07, 6.45) is 5.65. The number of halogens is 2. The lowest BCUT2D eigenvalue weighted by molar-refractivity contribution is 0.421. The Bertz CT molecular complexity index is 2660. The highest BCUT2D eigenvalue weighted by atomic mass is 19.1. The van der Waals surface area contributed by atoms with Crippen molar-refractivity contribution in [3.63, 3.8) is 0 Å². The zero-order chi connectivity index (χ0) is 38.6. The molecule has 2 aliphatic rings. The fourth-order valence-corrected chi connectivity index (χ4v) is 5.78. The smallest absolute Gasteiger partial charge is 0.182 e. The summed E-state index contributed by atoms with van der Waals surface area (Å²) in [6.45, 7) is 0.411. The molecule has 5 aromatic heterocycles. The molecule has 0 amide bonds. The third-order valence-corrected chi connectivity index (χ3v) is 8.55. The number of hydrogen-bond acceptors (Lipinski definition) is 16. The molecule has 0 fully saturated rings. The molecule has 1 unspecified atom stereocenters. The van der Waals surface area contributed by atoms with E-state index in [2.05, 4.69) is 56.7 Å². The van der Waals surface area contributed by atoms with Gasteiger partial charge in [0.15, 0.2) is 29.5 Å². The highest BCUT2D eigenvalue weighted by Gasteiger charge is 2.28. The van der Waals surface area contributed by atoms with E-state index in [9.17, 15) is 8.78 Å². The average molecular weight is 755 g/mol. The van der Waals surface area contributed by atoms with Crippen molar-refractivity contribution in [1.29, 1.82) is 5.26 Å². The van der Waals surface area contributed by atoms with Gasteiger partial charge in [0, 0.05) is 29.5 Å². The van der Waals surface area contributed by atoms with Gasteiger partial charge >= 0.3 is 0 Å². The van der Waals surface area contributed by atoms with Crippen LogP contribution in [-0.4, -0.2) is 57.7 Å². The number of nitrogens with two attached hydrogens (primary N) is 2. The Kier molecular flexibility index (Phi) is 9.46. The number of benzene rings is 2.